The van der Waals surface area contributed by atoms with Crippen LogP contribution in [0.2, 0.25) is 0 Å². The zero-order valence-electron chi connectivity index (χ0n) is 20.2. The third-order valence-corrected chi connectivity index (χ3v) is 7.84. The first-order valence-electron chi connectivity index (χ1n) is 12.6. The molecule has 3 aliphatic heterocycles. The Hall–Kier alpha value is -3.20. The zero-order valence-corrected chi connectivity index (χ0v) is 20.2. The molecule has 1 aromatic carbocycles. The maximum Gasteiger partial charge on any atom is 0.175 e. The number of halogens is 1. The van der Waals surface area contributed by atoms with Crippen LogP contribution in [-0.2, 0) is 7.05 Å². The molecule has 2 N–H and O–H groups in total. The molecule has 5 heterocycles. The molecule has 9 heteroatoms. The number of aryl methyl sites for hydroxylation is 1. The number of phenols is 1. The van der Waals surface area contributed by atoms with Crippen LogP contribution in [0, 0.1) is 0 Å². The smallest absolute Gasteiger partial charge is 0.175 e. The Kier molecular flexibility index (Phi) is 5.59. The van der Waals surface area contributed by atoms with Crippen molar-refractivity contribution < 1.29 is 9.50 Å². The number of nitrogens with one attached hydrogen (secondary N) is 1. The lowest BCUT2D eigenvalue weighted by atomic mass is 9.82. The van der Waals surface area contributed by atoms with Crippen molar-refractivity contribution in [3.05, 3.63) is 36.7 Å². The Balaban J connectivity index is 1.34. The van der Waals surface area contributed by atoms with Gasteiger partial charge >= 0.3 is 0 Å². The van der Waals surface area contributed by atoms with Gasteiger partial charge in [0.15, 0.2) is 5.82 Å². The fourth-order valence-corrected chi connectivity index (χ4v) is 6.00. The molecule has 8 nitrogen and oxygen atoms in total. The second-order valence-corrected chi connectivity index (χ2v) is 10.2. The number of fused-ring (bicyclic) bond motifs is 3. The number of rotatable bonds is 3. The molecule has 0 spiro atoms. The van der Waals surface area contributed by atoms with Gasteiger partial charge in [0.2, 0.25) is 0 Å². The minimum atomic E-state index is -0.923. The van der Waals surface area contributed by atoms with E-state index in [-0.39, 0.29) is 17.8 Å². The van der Waals surface area contributed by atoms with Crippen LogP contribution in [-0.4, -0.2) is 69.5 Å². The van der Waals surface area contributed by atoms with Gasteiger partial charge in [0.25, 0.3) is 0 Å². The number of phenolic OH excluding ortho intramolecular Hbond substituents is 1. The van der Waals surface area contributed by atoms with Gasteiger partial charge in [-0.1, -0.05) is 12.5 Å². The molecular formula is C26H32FN7O. The predicted octanol–water partition coefficient (Wildman–Crippen LogP) is 3.52. The Morgan fingerprint density at radius 1 is 1.06 bits per heavy atom. The van der Waals surface area contributed by atoms with Crippen LogP contribution in [0.15, 0.2) is 36.7 Å². The highest BCUT2D eigenvalue weighted by Gasteiger charge is 2.43. The lowest BCUT2D eigenvalue weighted by Crippen LogP contribution is -2.62. The molecule has 0 radical (unpaired) electrons. The van der Waals surface area contributed by atoms with Crippen LogP contribution in [0.5, 0.6) is 5.75 Å². The van der Waals surface area contributed by atoms with Crippen molar-refractivity contribution in [2.24, 2.45) is 7.05 Å². The summed E-state index contributed by atoms with van der Waals surface area (Å²) in [6.45, 7) is 1.62. The van der Waals surface area contributed by atoms with E-state index < -0.39 is 6.17 Å². The molecule has 2 aromatic heterocycles. The molecule has 3 aromatic rings. The minimum Gasteiger partial charge on any atom is -0.507 e. The standard InChI is InChI=1S/C26H32FN7O/c1-32-9-4-10-34(22-12-18-5-3-6-20(29-18)25(22)27)26-23(32)13-21(30-31-26)19-8-7-16(11-24(19)35)17-14-28-33(2)15-17/h7-8,11,13-15,18,20,22,25,29,35H,3-6,9-10,12H2,1-2H3/t18-,20+,22-,25+/m0/s1. The quantitative estimate of drug-likeness (QED) is 0.597. The lowest BCUT2D eigenvalue weighted by Gasteiger charge is -2.47. The van der Waals surface area contributed by atoms with Gasteiger partial charge in [-0.15, -0.1) is 10.2 Å². The van der Waals surface area contributed by atoms with Crippen LogP contribution in [0.25, 0.3) is 22.4 Å². The molecule has 35 heavy (non-hydrogen) atoms. The number of aromatic nitrogens is 4. The van der Waals surface area contributed by atoms with Crippen molar-refractivity contribution >= 4 is 11.5 Å². The van der Waals surface area contributed by atoms with Crippen molar-refractivity contribution in [1.29, 1.82) is 0 Å². The molecule has 2 bridgehead atoms. The summed E-state index contributed by atoms with van der Waals surface area (Å²) in [5.74, 6) is 0.886. The van der Waals surface area contributed by atoms with Crippen LogP contribution in [0.4, 0.5) is 15.9 Å². The lowest BCUT2D eigenvalue weighted by molar-refractivity contribution is 0.104. The summed E-state index contributed by atoms with van der Waals surface area (Å²) in [5, 5.41) is 27.7. The van der Waals surface area contributed by atoms with E-state index in [0.29, 0.717) is 17.3 Å². The van der Waals surface area contributed by atoms with Gasteiger partial charge in [0, 0.05) is 56.6 Å². The Bertz CT molecular complexity index is 1230. The molecule has 0 saturated carbocycles. The van der Waals surface area contributed by atoms with E-state index in [2.05, 4.69) is 30.4 Å². The fraction of sp³-hybridized carbons (Fsp3) is 0.500. The number of nitrogens with zero attached hydrogens (tertiary/aromatic N) is 6. The summed E-state index contributed by atoms with van der Waals surface area (Å²) in [6, 6.07) is 7.65. The van der Waals surface area contributed by atoms with Gasteiger partial charge in [-0.3, -0.25) is 4.68 Å². The number of hydrogen-bond donors (Lipinski definition) is 2. The average molecular weight is 478 g/mol. The van der Waals surface area contributed by atoms with E-state index >= 15 is 4.39 Å². The summed E-state index contributed by atoms with van der Waals surface area (Å²) in [5.41, 5.74) is 3.98. The molecular weight excluding hydrogens is 445 g/mol. The van der Waals surface area contributed by atoms with Gasteiger partial charge in [0.05, 0.1) is 23.6 Å². The normalized spacial score (nSPS) is 26.4. The first-order valence-corrected chi connectivity index (χ1v) is 12.6. The minimum absolute atomic E-state index is 0.0700. The Morgan fingerprint density at radius 3 is 2.74 bits per heavy atom. The Labute approximate surface area is 204 Å². The average Bonchev–Trinajstić information content (AvgIpc) is 3.23. The van der Waals surface area contributed by atoms with E-state index in [9.17, 15) is 5.11 Å². The highest BCUT2D eigenvalue weighted by atomic mass is 19.1. The molecule has 0 amide bonds. The monoisotopic (exact) mass is 477 g/mol. The van der Waals surface area contributed by atoms with Crippen molar-refractivity contribution in [1.82, 2.24) is 25.3 Å². The highest BCUT2D eigenvalue weighted by Crippen LogP contribution is 2.40. The Morgan fingerprint density at radius 2 is 1.94 bits per heavy atom. The molecule has 0 unspecified atom stereocenters. The first-order chi connectivity index (χ1) is 17.0. The maximum absolute atomic E-state index is 15.6. The van der Waals surface area contributed by atoms with Gasteiger partial charge in [-0.2, -0.15) is 5.10 Å². The van der Waals surface area contributed by atoms with E-state index in [1.807, 2.05) is 38.5 Å². The van der Waals surface area contributed by atoms with Crippen molar-refractivity contribution in [2.45, 2.75) is 56.4 Å². The summed E-state index contributed by atoms with van der Waals surface area (Å²) >= 11 is 0. The second kappa shape index (κ2) is 8.78. The van der Waals surface area contributed by atoms with E-state index in [1.54, 1.807) is 16.9 Å². The van der Waals surface area contributed by atoms with Gasteiger partial charge in [0.1, 0.15) is 11.9 Å². The molecule has 3 aliphatic rings. The molecule has 2 fully saturated rings. The first kappa shape index (κ1) is 22.3. The van der Waals surface area contributed by atoms with E-state index in [0.717, 1.165) is 67.8 Å². The van der Waals surface area contributed by atoms with Crippen molar-refractivity contribution in [2.75, 3.05) is 29.9 Å². The molecule has 2 saturated heterocycles. The van der Waals surface area contributed by atoms with E-state index in [4.69, 9.17) is 0 Å². The summed E-state index contributed by atoms with van der Waals surface area (Å²) in [6.07, 6.45) is 7.59. The number of anilines is 2. The summed E-state index contributed by atoms with van der Waals surface area (Å²) in [4.78, 5) is 4.33. The van der Waals surface area contributed by atoms with Gasteiger partial charge in [-0.05, 0) is 49.4 Å². The third kappa shape index (κ3) is 4.01. The topological polar surface area (TPSA) is 82.3 Å². The SMILES string of the molecule is CN1CCCN([C@H]2C[C@@H]3CCC[C@@H](N3)[C@H]2F)c2nnc(-c3ccc(-c4cnn(C)c4)cc3O)cc21. The van der Waals surface area contributed by atoms with Gasteiger partial charge < -0.3 is 20.2 Å². The number of alkyl halides is 1. The van der Waals surface area contributed by atoms with Crippen molar-refractivity contribution in [3.8, 4) is 28.1 Å². The van der Waals surface area contributed by atoms with Crippen LogP contribution >= 0.6 is 0 Å². The largest absolute Gasteiger partial charge is 0.507 e. The number of piperidine rings is 2. The molecule has 184 valence electrons. The third-order valence-electron chi connectivity index (χ3n) is 7.84. The second-order valence-electron chi connectivity index (χ2n) is 10.2. The number of hydrogen-bond acceptors (Lipinski definition) is 7. The van der Waals surface area contributed by atoms with Crippen LogP contribution in [0.1, 0.15) is 32.1 Å². The van der Waals surface area contributed by atoms with Crippen molar-refractivity contribution in [3.63, 3.8) is 0 Å². The highest BCUT2D eigenvalue weighted by molar-refractivity contribution is 5.78. The van der Waals surface area contributed by atoms with Gasteiger partial charge in [-0.25, -0.2) is 4.39 Å². The summed E-state index contributed by atoms with van der Waals surface area (Å²) < 4.78 is 17.3. The fourth-order valence-electron chi connectivity index (χ4n) is 6.00. The number of aromatic hydroxyl groups is 1. The molecule has 4 atom stereocenters. The molecule has 0 aliphatic carbocycles. The zero-order chi connectivity index (χ0) is 24.1. The van der Waals surface area contributed by atoms with E-state index in [1.165, 1.54) is 0 Å². The summed E-state index contributed by atoms with van der Waals surface area (Å²) in [7, 11) is 3.91. The maximum atomic E-state index is 15.6. The predicted molar refractivity (Wildman–Crippen MR) is 134 cm³/mol. The van der Waals surface area contributed by atoms with Crippen LogP contribution in [0.3, 0.4) is 0 Å². The number of benzene rings is 1. The molecule has 6 rings (SSSR count). The van der Waals surface area contributed by atoms with Crippen LogP contribution < -0.4 is 15.1 Å².